The van der Waals surface area contributed by atoms with E-state index in [-0.39, 0.29) is 11.9 Å². The number of anilines is 1. The average molecular weight is 379 g/mol. The highest BCUT2D eigenvalue weighted by molar-refractivity contribution is 6.35. The summed E-state index contributed by atoms with van der Waals surface area (Å²) >= 11 is 12.5. The molecule has 0 bridgehead atoms. The number of benzene rings is 1. The number of halogens is 2. The summed E-state index contributed by atoms with van der Waals surface area (Å²) in [6.45, 7) is 2.30. The van der Waals surface area contributed by atoms with Crippen LogP contribution in [0.5, 0.6) is 0 Å². The first-order chi connectivity index (χ1) is 12.0. The van der Waals surface area contributed by atoms with Gasteiger partial charge >= 0.3 is 0 Å². The Morgan fingerprint density at radius 1 is 1.24 bits per heavy atom. The standard InChI is InChI=1S/C18H20Cl2N4O/c1-22-10-14(9-21-22)24-5-2-3-17(18(24)25)23-6-4-12-7-13(19)8-16(20)15(12)11-23/h7-10,17H,2-6,11H2,1H3. The Bertz CT molecular complexity index is 819. The molecule has 0 saturated carbocycles. The maximum Gasteiger partial charge on any atom is 0.244 e. The number of aryl methyl sites for hydroxylation is 1. The van der Waals surface area contributed by atoms with Crippen LogP contribution in [0, 0.1) is 0 Å². The summed E-state index contributed by atoms with van der Waals surface area (Å²) in [4.78, 5) is 17.2. The van der Waals surface area contributed by atoms with E-state index in [0.717, 1.165) is 43.6 Å². The van der Waals surface area contributed by atoms with Crippen molar-refractivity contribution in [3.05, 3.63) is 45.7 Å². The molecule has 25 heavy (non-hydrogen) atoms. The Morgan fingerprint density at radius 3 is 2.84 bits per heavy atom. The van der Waals surface area contributed by atoms with Crippen LogP contribution in [0.4, 0.5) is 5.69 Å². The highest BCUT2D eigenvalue weighted by Gasteiger charge is 2.36. The Kier molecular flexibility index (Phi) is 4.48. The molecule has 2 aliphatic heterocycles. The van der Waals surface area contributed by atoms with E-state index < -0.39 is 0 Å². The van der Waals surface area contributed by atoms with Gasteiger partial charge < -0.3 is 4.90 Å². The van der Waals surface area contributed by atoms with Crippen LogP contribution in [0.3, 0.4) is 0 Å². The van der Waals surface area contributed by atoms with E-state index >= 15 is 0 Å². The molecule has 0 radical (unpaired) electrons. The molecule has 1 saturated heterocycles. The molecule has 0 aliphatic carbocycles. The fourth-order valence-electron chi connectivity index (χ4n) is 3.87. The normalized spacial score (nSPS) is 21.5. The van der Waals surface area contributed by atoms with E-state index in [9.17, 15) is 4.79 Å². The van der Waals surface area contributed by atoms with Gasteiger partial charge in [0.05, 0.1) is 17.9 Å². The zero-order valence-electron chi connectivity index (χ0n) is 14.1. The van der Waals surface area contributed by atoms with E-state index in [1.807, 2.05) is 24.2 Å². The number of carbonyl (C=O) groups is 1. The number of amides is 1. The lowest BCUT2D eigenvalue weighted by atomic mass is 9.95. The minimum atomic E-state index is -0.103. The van der Waals surface area contributed by atoms with Crippen LogP contribution < -0.4 is 4.90 Å². The molecule has 2 aliphatic rings. The summed E-state index contributed by atoms with van der Waals surface area (Å²) in [5, 5.41) is 5.56. The molecule has 5 nitrogen and oxygen atoms in total. The second kappa shape index (κ2) is 6.63. The molecule has 7 heteroatoms. The molecule has 0 N–H and O–H groups in total. The molecule has 1 unspecified atom stereocenters. The third-order valence-corrected chi connectivity index (χ3v) is 5.69. The second-order valence-corrected chi connectivity index (χ2v) is 7.61. The molecule has 1 aromatic heterocycles. The Morgan fingerprint density at radius 2 is 2.08 bits per heavy atom. The number of aromatic nitrogens is 2. The summed E-state index contributed by atoms with van der Waals surface area (Å²) in [7, 11) is 1.87. The van der Waals surface area contributed by atoms with Crippen molar-refractivity contribution in [3.63, 3.8) is 0 Å². The number of hydrogen-bond donors (Lipinski definition) is 0. The van der Waals surface area contributed by atoms with Gasteiger partial charge in [0.15, 0.2) is 0 Å². The van der Waals surface area contributed by atoms with Gasteiger partial charge in [0.2, 0.25) is 5.91 Å². The Hall–Kier alpha value is -1.56. The van der Waals surface area contributed by atoms with E-state index in [4.69, 9.17) is 23.2 Å². The molecule has 4 rings (SSSR count). The minimum Gasteiger partial charge on any atom is -0.308 e. The quantitative estimate of drug-likeness (QED) is 0.804. The fourth-order valence-corrected chi connectivity index (χ4v) is 4.46. The average Bonchev–Trinajstić information content (AvgIpc) is 3.01. The first-order valence-electron chi connectivity index (χ1n) is 8.54. The van der Waals surface area contributed by atoms with E-state index in [2.05, 4.69) is 10.00 Å². The lowest BCUT2D eigenvalue weighted by Crippen LogP contribution is -2.53. The van der Waals surface area contributed by atoms with Gasteiger partial charge in [-0.25, -0.2) is 0 Å². The van der Waals surface area contributed by atoms with Gasteiger partial charge in [-0.1, -0.05) is 23.2 Å². The summed E-state index contributed by atoms with van der Waals surface area (Å²) in [6, 6.07) is 3.68. The minimum absolute atomic E-state index is 0.103. The van der Waals surface area contributed by atoms with Crippen molar-refractivity contribution in [2.24, 2.45) is 7.05 Å². The van der Waals surface area contributed by atoms with Crippen molar-refractivity contribution in [2.75, 3.05) is 18.0 Å². The molecular weight excluding hydrogens is 359 g/mol. The van der Waals surface area contributed by atoms with Crippen molar-refractivity contribution >= 4 is 34.8 Å². The fraction of sp³-hybridized carbons (Fsp3) is 0.444. The molecule has 132 valence electrons. The third-order valence-electron chi connectivity index (χ3n) is 5.14. The summed E-state index contributed by atoms with van der Waals surface area (Å²) < 4.78 is 1.73. The van der Waals surface area contributed by atoms with Crippen LogP contribution in [0.1, 0.15) is 24.0 Å². The topological polar surface area (TPSA) is 41.4 Å². The number of rotatable bonds is 2. The number of nitrogens with zero attached hydrogens (tertiary/aromatic N) is 4. The predicted molar refractivity (Wildman–Crippen MR) is 99.2 cm³/mol. The van der Waals surface area contributed by atoms with Crippen molar-refractivity contribution in [1.82, 2.24) is 14.7 Å². The van der Waals surface area contributed by atoms with E-state index in [1.165, 1.54) is 5.56 Å². The van der Waals surface area contributed by atoms with Crippen molar-refractivity contribution in [3.8, 4) is 0 Å². The van der Waals surface area contributed by atoms with Gasteiger partial charge in [-0.15, -0.1) is 0 Å². The van der Waals surface area contributed by atoms with Crippen molar-refractivity contribution in [2.45, 2.75) is 31.8 Å². The van der Waals surface area contributed by atoms with Gasteiger partial charge in [0, 0.05) is 42.9 Å². The zero-order valence-corrected chi connectivity index (χ0v) is 15.6. The lowest BCUT2D eigenvalue weighted by Gasteiger charge is -2.40. The van der Waals surface area contributed by atoms with Gasteiger partial charge in [0.25, 0.3) is 0 Å². The molecule has 2 aromatic rings. The predicted octanol–water partition coefficient (Wildman–Crippen LogP) is 3.28. The number of fused-ring (bicyclic) bond motifs is 1. The van der Waals surface area contributed by atoms with Crippen molar-refractivity contribution < 1.29 is 4.79 Å². The van der Waals surface area contributed by atoms with Gasteiger partial charge in [0.1, 0.15) is 0 Å². The number of carbonyl (C=O) groups excluding carboxylic acids is 1. The molecule has 1 aromatic carbocycles. The maximum absolute atomic E-state index is 13.1. The highest BCUT2D eigenvalue weighted by atomic mass is 35.5. The second-order valence-electron chi connectivity index (χ2n) is 6.77. The summed E-state index contributed by atoms with van der Waals surface area (Å²) in [5.41, 5.74) is 3.17. The molecule has 3 heterocycles. The largest absolute Gasteiger partial charge is 0.308 e. The van der Waals surface area contributed by atoms with Crippen LogP contribution >= 0.6 is 23.2 Å². The Balaban J connectivity index is 1.56. The highest BCUT2D eigenvalue weighted by Crippen LogP contribution is 2.32. The molecule has 1 fully saturated rings. The number of piperidine rings is 1. The lowest BCUT2D eigenvalue weighted by molar-refractivity contribution is -0.125. The third kappa shape index (κ3) is 3.16. The first-order valence-corrected chi connectivity index (χ1v) is 9.29. The summed E-state index contributed by atoms with van der Waals surface area (Å²) in [5.74, 6) is 0.160. The van der Waals surface area contributed by atoms with Gasteiger partial charge in [-0.3, -0.25) is 14.4 Å². The molecule has 0 spiro atoms. The monoisotopic (exact) mass is 378 g/mol. The van der Waals surface area contributed by atoms with E-state index in [1.54, 1.807) is 16.9 Å². The Labute approximate surface area is 157 Å². The van der Waals surface area contributed by atoms with Gasteiger partial charge in [-0.05, 0) is 42.5 Å². The van der Waals surface area contributed by atoms with Crippen molar-refractivity contribution in [1.29, 1.82) is 0 Å². The van der Waals surface area contributed by atoms with Crippen LogP contribution in [0.15, 0.2) is 24.5 Å². The van der Waals surface area contributed by atoms with Crippen LogP contribution in [0.2, 0.25) is 10.0 Å². The van der Waals surface area contributed by atoms with Crippen LogP contribution in [-0.4, -0.2) is 39.7 Å². The molecule has 1 amide bonds. The van der Waals surface area contributed by atoms with Crippen LogP contribution in [0.25, 0.3) is 0 Å². The smallest absolute Gasteiger partial charge is 0.244 e. The van der Waals surface area contributed by atoms with Crippen LogP contribution in [-0.2, 0) is 24.8 Å². The molecule has 1 atom stereocenters. The van der Waals surface area contributed by atoms with E-state index in [0.29, 0.717) is 16.6 Å². The SMILES string of the molecule is Cn1cc(N2CCCC(N3CCc4cc(Cl)cc(Cl)c4C3)C2=O)cn1. The summed E-state index contributed by atoms with van der Waals surface area (Å²) in [6.07, 6.45) is 6.39. The first kappa shape index (κ1) is 16.9. The molecular formula is C18H20Cl2N4O. The number of hydrogen-bond acceptors (Lipinski definition) is 3. The maximum atomic E-state index is 13.1. The zero-order chi connectivity index (χ0) is 17.6. The van der Waals surface area contributed by atoms with Gasteiger partial charge in [-0.2, -0.15) is 5.10 Å².